The van der Waals surface area contributed by atoms with Crippen molar-refractivity contribution >= 4 is 59.4 Å². The summed E-state index contributed by atoms with van der Waals surface area (Å²) in [7, 11) is 0. The lowest BCUT2D eigenvalue weighted by atomic mass is 9.90. The van der Waals surface area contributed by atoms with Gasteiger partial charge < -0.3 is 40.8 Å². The van der Waals surface area contributed by atoms with Gasteiger partial charge in [-0.15, -0.1) is 0 Å². The van der Waals surface area contributed by atoms with E-state index in [1.165, 1.54) is 20.1 Å². The molecule has 0 saturated carbocycles. The number of nitrogens with zero attached hydrogens (tertiary/aromatic N) is 3. The van der Waals surface area contributed by atoms with Gasteiger partial charge >= 0.3 is 24.1 Å². The van der Waals surface area contributed by atoms with E-state index in [1.54, 1.807) is 20.8 Å². The Kier molecular flexibility index (Phi) is 36.3. The minimum atomic E-state index is -0.322. The Balaban J connectivity index is 0.000000375. The summed E-state index contributed by atoms with van der Waals surface area (Å²) in [5.74, 6) is -1.66. The van der Waals surface area contributed by atoms with E-state index in [0.29, 0.717) is 39.2 Å². The predicted molar refractivity (Wildman–Crippen MR) is 314 cm³/mol. The van der Waals surface area contributed by atoms with Crippen molar-refractivity contribution in [2.45, 2.75) is 104 Å². The van der Waals surface area contributed by atoms with Gasteiger partial charge in [0.25, 0.3) is 5.91 Å². The van der Waals surface area contributed by atoms with E-state index in [4.69, 9.17) is 29.9 Å². The molecule has 2 saturated heterocycles. The highest BCUT2D eigenvalue weighted by Crippen LogP contribution is 2.27. The van der Waals surface area contributed by atoms with Crippen molar-refractivity contribution in [3.63, 3.8) is 0 Å². The smallest absolute Gasteiger partial charge is 0.373 e. The van der Waals surface area contributed by atoms with Gasteiger partial charge in [0.15, 0.2) is 0 Å². The van der Waals surface area contributed by atoms with E-state index >= 15 is 0 Å². The molecule has 0 aliphatic carbocycles. The molecule has 0 aromatic heterocycles. The Morgan fingerprint density at radius 2 is 1.13 bits per heavy atom. The van der Waals surface area contributed by atoms with E-state index in [9.17, 15) is 43.5 Å². The number of piperazine rings is 1. The molecule has 6 N–H and O–H groups in total. The molecule has 7 rings (SSSR count). The summed E-state index contributed by atoms with van der Waals surface area (Å²) in [6, 6.07) is 37.5. The maximum atomic E-state index is 12.3. The van der Waals surface area contributed by atoms with Crippen LogP contribution in [-0.2, 0) is 62.2 Å². The van der Waals surface area contributed by atoms with Crippen molar-refractivity contribution in [1.29, 1.82) is 0 Å². The van der Waals surface area contributed by atoms with Crippen LogP contribution in [0, 0.1) is 0 Å². The molecular weight excluding hydrogens is 1080 g/mol. The highest BCUT2D eigenvalue weighted by atomic mass is 16.5. The number of carbonyl (C=O) groups is 8. The van der Waals surface area contributed by atoms with Crippen LogP contribution in [0.4, 0.5) is 0 Å². The number of hydrogen-bond acceptors (Lipinski definition) is 19. The number of Topliss-reactive ketones (excluding diaryl/α,β-unsaturated/α-hetero) is 3. The molecule has 4 aromatic carbocycles. The van der Waals surface area contributed by atoms with Crippen molar-refractivity contribution < 1.29 is 72.4 Å². The predicted octanol–water partition coefficient (Wildman–Crippen LogP) is 6.23. The molecule has 0 spiro atoms. The first-order valence-electron chi connectivity index (χ1n) is 27.9. The second kappa shape index (κ2) is 42.5. The quantitative estimate of drug-likeness (QED) is 0.0267. The Labute approximate surface area is 492 Å². The van der Waals surface area contributed by atoms with Crippen LogP contribution in [0.3, 0.4) is 0 Å². The number of nitrogens with one attached hydrogen (secondary N) is 2. The number of piperidine rings is 1. The monoisotopic (exact) mass is 1160 g/mol. The van der Waals surface area contributed by atoms with Crippen LogP contribution < -0.4 is 16.4 Å². The van der Waals surface area contributed by atoms with E-state index in [2.05, 4.69) is 30.2 Å². The summed E-state index contributed by atoms with van der Waals surface area (Å²) in [6.07, 6.45) is 3.06. The fraction of sp³-hybridized carbons (Fsp3) is 0.429. The second-order valence-corrected chi connectivity index (χ2v) is 19.2. The number of esters is 3. The van der Waals surface area contributed by atoms with Crippen LogP contribution in [0.25, 0.3) is 0 Å². The van der Waals surface area contributed by atoms with Gasteiger partial charge in [0.2, 0.25) is 5.91 Å². The van der Waals surface area contributed by atoms with Gasteiger partial charge in [-0.1, -0.05) is 121 Å². The van der Waals surface area contributed by atoms with E-state index < -0.39 is 0 Å². The number of ketones is 3. The molecular formula is C63H82N6O15. The third-order valence-corrected chi connectivity index (χ3v) is 12.6. The van der Waals surface area contributed by atoms with Gasteiger partial charge in [0, 0.05) is 83.6 Å². The Bertz CT molecular complexity index is 2700. The first-order chi connectivity index (χ1) is 40.4. The van der Waals surface area contributed by atoms with Crippen LogP contribution in [0.1, 0.15) is 126 Å². The van der Waals surface area contributed by atoms with Crippen LogP contribution in [0.15, 0.2) is 138 Å². The zero-order chi connectivity index (χ0) is 62.1. The molecule has 21 nitrogen and oxygen atoms in total. The highest BCUT2D eigenvalue weighted by molar-refractivity contribution is 6.13. The number of nitrogens with two attached hydrogens (primary N) is 1. The molecule has 3 heterocycles. The van der Waals surface area contributed by atoms with E-state index in [-0.39, 0.29) is 127 Å². The summed E-state index contributed by atoms with van der Waals surface area (Å²) in [5, 5.41) is 25.0. The maximum absolute atomic E-state index is 12.3. The van der Waals surface area contributed by atoms with Crippen LogP contribution in [-0.4, -0.2) is 152 Å². The zero-order valence-corrected chi connectivity index (χ0v) is 48.8. The lowest BCUT2D eigenvalue weighted by Gasteiger charge is -2.33. The number of rotatable bonds is 21. The van der Waals surface area contributed by atoms with E-state index in [1.807, 2.05) is 121 Å². The average molecular weight is 1160 g/mol. The minimum absolute atomic E-state index is 0.0163. The van der Waals surface area contributed by atoms with Crippen LogP contribution in [0.2, 0.25) is 0 Å². The molecule has 0 bridgehead atoms. The summed E-state index contributed by atoms with van der Waals surface area (Å²) >= 11 is 0. The molecule has 84 heavy (non-hydrogen) atoms. The minimum Gasteiger partial charge on any atom is -0.511 e. The molecule has 21 heteroatoms. The first kappa shape index (κ1) is 71.8. The van der Waals surface area contributed by atoms with Crippen molar-refractivity contribution in [3.8, 4) is 0 Å². The number of aliphatic imine (C=N–C) groups is 1. The molecule has 3 aliphatic rings. The SMILES string of the molecule is CCOC(=O)CC(CC(=O)CC(C)=O)c1ccccc1.CCOC(=O)CC(N)c1ccccc1.CCOC(C)=O.O=C1CC(=O)NC(c2ccccc2)C1.O=C1NC(c2ccccc2)CC(O)=C1C=NCCN1CCN(CCO)CC1.O=C=O. The fourth-order valence-corrected chi connectivity index (χ4v) is 8.64. The van der Waals surface area contributed by atoms with Crippen molar-refractivity contribution in [3.05, 3.63) is 155 Å². The maximum Gasteiger partial charge on any atom is 0.373 e. The molecule has 0 radical (unpaired) electrons. The first-order valence-corrected chi connectivity index (χ1v) is 27.9. The normalized spacial score (nSPS) is 16.3. The van der Waals surface area contributed by atoms with E-state index in [0.717, 1.165) is 61.5 Å². The number of hydrogen-bond donors (Lipinski definition) is 5. The summed E-state index contributed by atoms with van der Waals surface area (Å²) < 4.78 is 14.2. The topological polar surface area (TPSA) is 308 Å². The number of amides is 2. The Hall–Kier alpha value is -8.33. The van der Waals surface area contributed by atoms with Crippen LogP contribution >= 0.6 is 0 Å². The molecule has 3 aliphatic heterocycles. The summed E-state index contributed by atoms with van der Waals surface area (Å²) in [5.41, 5.74) is 9.93. The van der Waals surface area contributed by atoms with Gasteiger partial charge in [-0.25, -0.2) is 0 Å². The number of ether oxygens (including phenoxy) is 3. The van der Waals surface area contributed by atoms with Crippen molar-refractivity contribution in [2.24, 2.45) is 10.7 Å². The second-order valence-electron chi connectivity index (χ2n) is 19.2. The van der Waals surface area contributed by atoms with Gasteiger partial charge in [-0.05, 0) is 49.9 Å². The van der Waals surface area contributed by atoms with Crippen molar-refractivity contribution in [1.82, 2.24) is 20.4 Å². The Morgan fingerprint density at radius 3 is 1.57 bits per heavy atom. The van der Waals surface area contributed by atoms with Gasteiger partial charge in [-0.3, -0.25) is 53.1 Å². The fourth-order valence-electron chi connectivity index (χ4n) is 8.64. The number of benzene rings is 4. The molecule has 2 fully saturated rings. The molecule has 2 amide bonds. The van der Waals surface area contributed by atoms with Gasteiger partial charge in [-0.2, -0.15) is 9.59 Å². The largest absolute Gasteiger partial charge is 0.511 e. The van der Waals surface area contributed by atoms with Gasteiger partial charge in [0.05, 0.1) is 76.3 Å². The number of aliphatic hydroxyl groups is 2. The molecule has 4 aromatic rings. The number of β-amino-alcohol motifs (C(OH)–C–C–N with tert-alkyl or cyclic N) is 1. The molecule has 4 atom stereocenters. The molecule has 454 valence electrons. The third-order valence-electron chi connectivity index (χ3n) is 12.6. The third kappa shape index (κ3) is 30.6. The van der Waals surface area contributed by atoms with Gasteiger partial charge in [0.1, 0.15) is 23.1 Å². The highest BCUT2D eigenvalue weighted by Gasteiger charge is 2.28. The average Bonchev–Trinajstić information content (AvgIpc) is 3.67. The lowest BCUT2D eigenvalue weighted by molar-refractivity contribution is -0.192. The van der Waals surface area contributed by atoms with Crippen LogP contribution in [0.5, 0.6) is 0 Å². The lowest BCUT2D eigenvalue weighted by Crippen LogP contribution is -2.47. The number of carbonyl (C=O) groups excluding carboxylic acids is 10. The van der Waals surface area contributed by atoms with Crippen molar-refractivity contribution in [2.75, 3.05) is 72.2 Å². The number of aliphatic hydroxyl groups excluding tert-OH is 2. The zero-order valence-electron chi connectivity index (χ0n) is 48.8. The standard InChI is InChI=1S/C20H28N4O3.C16H20O4.C11H11NO2.C11H15NO2.C4H8O2.CO2/c25-13-12-24-10-8-23(9-11-24)7-6-21-15-17-19(26)14-18(22-20(17)27)16-4-2-1-3-5-16;1-3-20-16(19)11-14(10-15(18)9-12(2)17)13-7-5-4-6-8-13;13-9-6-10(12-11(14)7-9)8-4-2-1-3-5-8;1-2-14-11(13)8-10(12)9-6-4-3-5-7-9;1-3-6-4(2)5;2-1-3/h1-5,15,18,25-26H,6-14H2,(H,22,27);4-8,14H,3,9-11H2,1-2H3;1-5,10H,6-7H2,(H,12,14);3-7,10H,2,8,12H2,1H3;3H2,1-2H3;. The molecule has 4 unspecified atom stereocenters. The summed E-state index contributed by atoms with van der Waals surface area (Å²) in [6.45, 7) is 15.5. The Morgan fingerprint density at radius 1 is 0.667 bits per heavy atom. The summed E-state index contributed by atoms with van der Waals surface area (Å²) in [4.78, 5) is 115.